The van der Waals surface area contributed by atoms with Gasteiger partial charge in [0.2, 0.25) is 5.91 Å². The Morgan fingerprint density at radius 1 is 1.50 bits per heavy atom. The molecule has 1 amide bonds. The summed E-state index contributed by atoms with van der Waals surface area (Å²) in [6, 6.07) is 0. The van der Waals surface area contributed by atoms with Crippen LogP contribution in [0.1, 0.15) is 24.2 Å². The van der Waals surface area contributed by atoms with Crippen molar-refractivity contribution in [1.82, 2.24) is 30.4 Å². The molecule has 0 saturated heterocycles. The van der Waals surface area contributed by atoms with Crippen LogP contribution >= 0.6 is 0 Å². The van der Waals surface area contributed by atoms with Crippen LogP contribution in [0.2, 0.25) is 0 Å². The average Bonchev–Trinajstić information content (AvgIpc) is 2.98. The number of nitrogens with one attached hydrogen (secondary N) is 1. The van der Waals surface area contributed by atoms with Gasteiger partial charge in [0.1, 0.15) is 24.0 Å². The molecule has 0 aliphatic heterocycles. The molecule has 0 radical (unpaired) electrons. The molecule has 0 fully saturated rings. The highest BCUT2D eigenvalue weighted by atomic mass is 16.6. The third kappa shape index (κ3) is 3.37. The van der Waals surface area contributed by atoms with Gasteiger partial charge in [-0.25, -0.2) is 9.61 Å². The number of amides is 1. The standard InChI is InChI=1S/C10H14N6O2/c1-8-9(15-18-14-8)5-12-10(17)3-2-4-16-7-11-6-13-16/h6-7H,2-5H2,1H3,(H,12,17). The second-order valence-corrected chi connectivity index (χ2v) is 3.84. The van der Waals surface area contributed by atoms with Crippen molar-refractivity contribution in [3.05, 3.63) is 24.0 Å². The molecule has 0 saturated carbocycles. The molecule has 96 valence electrons. The van der Waals surface area contributed by atoms with Crippen LogP contribution in [0.3, 0.4) is 0 Å². The first-order valence-corrected chi connectivity index (χ1v) is 5.63. The summed E-state index contributed by atoms with van der Waals surface area (Å²) >= 11 is 0. The van der Waals surface area contributed by atoms with Gasteiger partial charge in [0, 0.05) is 13.0 Å². The van der Waals surface area contributed by atoms with Gasteiger partial charge in [0.05, 0.1) is 6.54 Å². The van der Waals surface area contributed by atoms with Gasteiger partial charge in [0.15, 0.2) is 0 Å². The lowest BCUT2D eigenvalue weighted by Gasteiger charge is -2.03. The lowest BCUT2D eigenvalue weighted by Crippen LogP contribution is -2.23. The number of hydrogen-bond donors (Lipinski definition) is 1. The second-order valence-electron chi connectivity index (χ2n) is 3.84. The minimum Gasteiger partial charge on any atom is -0.350 e. The minimum absolute atomic E-state index is 0.0301. The molecule has 8 nitrogen and oxygen atoms in total. The number of aryl methyl sites for hydroxylation is 2. The van der Waals surface area contributed by atoms with E-state index in [1.54, 1.807) is 17.9 Å². The van der Waals surface area contributed by atoms with Crippen LogP contribution in [0.15, 0.2) is 17.3 Å². The first-order valence-electron chi connectivity index (χ1n) is 5.63. The monoisotopic (exact) mass is 250 g/mol. The lowest BCUT2D eigenvalue weighted by molar-refractivity contribution is -0.121. The molecule has 0 bridgehead atoms. The van der Waals surface area contributed by atoms with E-state index in [4.69, 9.17) is 0 Å². The molecular weight excluding hydrogens is 236 g/mol. The maximum atomic E-state index is 11.5. The van der Waals surface area contributed by atoms with E-state index < -0.39 is 0 Å². The average molecular weight is 250 g/mol. The Bertz CT molecular complexity index is 492. The van der Waals surface area contributed by atoms with Crippen molar-refractivity contribution >= 4 is 5.91 Å². The summed E-state index contributed by atoms with van der Waals surface area (Å²) in [4.78, 5) is 15.4. The summed E-state index contributed by atoms with van der Waals surface area (Å²) in [5.41, 5.74) is 1.34. The van der Waals surface area contributed by atoms with E-state index in [9.17, 15) is 4.79 Å². The van der Waals surface area contributed by atoms with Gasteiger partial charge in [-0.2, -0.15) is 5.10 Å². The van der Waals surface area contributed by atoms with Gasteiger partial charge in [0.25, 0.3) is 0 Å². The summed E-state index contributed by atoms with van der Waals surface area (Å²) in [5, 5.41) is 14.0. The van der Waals surface area contributed by atoms with E-state index in [-0.39, 0.29) is 5.91 Å². The van der Waals surface area contributed by atoms with Crippen molar-refractivity contribution in [1.29, 1.82) is 0 Å². The number of nitrogens with zero attached hydrogens (tertiary/aromatic N) is 5. The molecule has 0 atom stereocenters. The van der Waals surface area contributed by atoms with Crippen LogP contribution in [0, 0.1) is 6.92 Å². The van der Waals surface area contributed by atoms with Crippen LogP contribution in [-0.4, -0.2) is 31.0 Å². The molecule has 18 heavy (non-hydrogen) atoms. The smallest absolute Gasteiger partial charge is 0.220 e. The Kier molecular flexibility index (Phi) is 4.00. The van der Waals surface area contributed by atoms with Crippen LogP contribution in [0.4, 0.5) is 0 Å². The predicted molar refractivity (Wildman–Crippen MR) is 60.1 cm³/mol. The van der Waals surface area contributed by atoms with Crippen LogP contribution in [0.25, 0.3) is 0 Å². The summed E-state index contributed by atoms with van der Waals surface area (Å²) in [6.07, 6.45) is 4.25. The zero-order valence-electron chi connectivity index (χ0n) is 10.0. The van der Waals surface area contributed by atoms with Crippen molar-refractivity contribution in [3.63, 3.8) is 0 Å². The normalized spacial score (nSPS) is 10.5. The highest BCUT2D eigenvalue weighted by Gasteiger charge is 2.07. The van der Waals surface area contributed by atoms with E-state index in [0.717, 1.165) is 0 Å². The molecule has 1 N–H and O–H groups in total. The van der Waals surface area contributed by atoms with E-state index in [2.05, 4.69) is 30.3 Å². The zero-order chi connectivity index (χ0) is 12.8. The maximum Gasteiger partial charge on any atom is 0.220 e. The van der Waals surface area contributed by atoms with Gasteiger partial charge in [-0.1, -0.05) is 10.3 Å². The topological polar surface area (TPSA) is 98.7 Å². The van der Waals surface area contributed by atoms with Crippen molar-refractivity contribution in [3.8, 4) is 0 Å². The summed E-state index contributed by atoms with van der Waals surface area (Å²) < 4.78 is 6.23. The van der Waals surface area contributed by atoms with Gasteiger partial charge in [-0.05, 0) is 13.3 Å². The van der Waals surface area contributed by atoms with E-state index in [1.807, 2.05) is 0 Å². The second kappa shape index (κ2) is 5.89. The molecule has 2 rings (SSSR count). The number of rotatable bonds is 6. The molecule has 2 heterocycles. The maximum absolute atomic E-state index is 11.5. The number of hydrogen-bond acceptors (Lipinski definition) is 6. The van der Waals surface area contributed by atoms with Gasteiger partial charge in [-0.15, -0.1) is 0 Å². The Labute approximate surface area is 103 Å². The molecule has 2 aromatic heterocycles. The molecule has 0 aliphatic carbocycles. The van der Waals surface area contributed by atoms with Gasteiger partial charge in [-0.3, -0.25) is 9.48 Å². The Morgan fingerprint density at radius 2 is 2.39 bits per heavy atom. The van der Waals surface area contributed by atoms with Gasteiger partial charge < -0.3 is 5.32 Å². The first-order chi connectivity index (χ1) is 8.75. The van der Waals surface area contributed by atoms with Crippen molar-refractivity contribution in [2.45, 2.75) is 32.9 Å². The summed E-state index contributed by atoms with van der Waals surface area (Å²) in [5.74, 6) is -0.0301. The fourth-order valence-corrected chi connectivity index (χ4v) is 1.43. The molecular formula is C10H14N6O2. The lowest BCUT2D eigenvalue weighted by atomic mass is 10.3. The summed E-state index contributed by atoms with van der Waals surface area (Å²) in [7, 11) is 0. The van der Waals surface area contributed by atoms with E-state index in [0.29, 0.717) is 37.3 Å². The third-order valence-corrected chi connectivity index (χ3v) is 2.46. The highest BCUT2D eigenvalue weighted by Crippen LogP contribution is 2.00. The minimum atomic E-state index is -0.0301. The van der Waals surface area contributed by atoms with Crippen LogP contribution in [0.5, 0.6) is 0 Å². The quantitative estimate of drug-likeness (QED) is 0.778. The molecule has 0 aromatic carbocycles. The summed E-state index contributed by atoms with van der Waals surface area (Å²) in [6.45, 7) is 2.80. The number of carbonyl (C=O) groups is 1. The zero-order valence-corrected chi connectivity index (χ0v) is 10.0. The molecule has 0 aliphatic rings. The molecule has 0 spiro atoms. The van der Waals surface area contributed by atoms with Crippen molar-refractivity contribution in [2.24, 2.45) is 0 Å². The fraction of sp³-hybridized carbons (Fsp3) is 0.500. The Balaban J connectivity index is 1.65. The SMILES string of the molecule is Cc1nonc1CNC(=O)CCCn1cncn1. The van der Waals surface area contributed by atoms with Crippen LogP contribution < -0.4 is 5.32 Å². The number of aromatic nitrogens is 5. The highest BCUT2D eigenvalue weighted by molar-refractivity contribution is 5.75. The molecule has 2 aromatic rings. The Hall–Kier alpha value is -2.25. The predicted octanol–water partition coefficient (Wildman–Crippen LogP) is 0.0661. The Morgan fingerprint density at radius 3 is 3.06 bits per heavy atom. The van der Waals surface area contributed by atoms with E-state index >= 15 is 0 Å². The van der Waals surface area contributed by atoms with E-state index in [1.165, 1.54) is 6.33 Å². The van der Waals surface area contributed by atoms with Gasteiger partial charge >= 0.3 is 0 Å². The third-order valence-electron chi connectivity index (χ3n) is 2.46. The van der Waals surface area contributed by atoms with Crippen LogP contribution in [-0.2, 0) is 17.9 Å². The molecule has 0 unspecified atom stereocenters. The number of carbonyl (C=O) groups excluding carboxylic acids is 1. The first kappa shape index (κ1) is 12.2. The molecule has 8 heteroatoms. The van der Waals surface area contributed by atoms with Crippen molar-refractivity contribution < 1.29 is 9.42 Å². The fourth-order valence-electron chi connectivity index (χ4n) is 1.43. The van der Waals surface area contributed by atoms with Crippen molar-refractivity contribution in [2.75, 3.05) is 0 Å². The largest absolute Gasteiger partial charge is 0.350 e.